The van der Waals surface area contributed by atoms with Crippen molar-refractivity contribution in [1.29, 1.82) is 0 Å². The zero-order chi connectivity index (χ0) is 26.2. The van der Waals surface area contributed by atoms with Gasteiger partial charge in [0, 0.05) is 44.2 Å². The molecule has 3 heterocycles. The molecule has 0 unspecified atom stereocenters. The van der Waals surface area contributed by atoms with E-state index >= 15 is 0 Å². The number of nitrogens with zero attached hydrogens (tertiary/aromatic N) is 3. The lowest BCUT2D eigenvalue weighted by molar-refractivity contribution is 1.16. The van der Waals surface area contributed by atoms with Crippen molar-refractivity contribution >= 4 is 65.2 Å². The van der Waals surface area contributed by atoms with Gasteiger partial charge in [0.2, 0.25) is 0 Å². The lowest BCUT2D eigenvalue weighted by atomic mass is 10.1. The fourth-order valence-corrected chi connectivity index (χ4v) is 6.63. The van der Waals surface area contributed by atoms with Crippen molar-refractivity contribution in [3.05, 3.63) is 140 Å². The van der Waals surface area contributed by atoms with Crippen molar-refractivity contribution in [1.82, 2.24) is 14.1 Å². The topological polar surface area (TPSA) is 22.8 Å². The predicted molar refractivity (Wildman–Crippen MR) is 168 cm³/mol. The van der Waals surface area contributed by atoms with Gasteiger partial charge in [0.25, 0.3) is 0 Å². The highest BCUT2D eigenvalue weighted by molar-refractivity contribution is 6.26. The van der Waals surface area contributed by atoms with Gasteiger partial charge in [0.05, 0.1) is 34.0 Å². The van der Waals surface area contributed by atoms with Crippen LogP contribution in [0.4, 0.5) is 0 Å². The predicted octanol–water partition coefficient (Wildman–Crippen LogP) is 9.58. The zero-order valence-corrected chi connectivity index (χ0v) is 21.6. The normalized spacial score (nSPS) is 12.0. The minimum absolute atomic E-state index is 1.09. The molecule has 0 saturated carbocycles. The zero-order valence-electron chi connectivity index (χ0n) is 21.6. The molecule has 9 rings (SSSR count). The van der Waals surface area contributed by atoms with Crippen molar-refractivity contribution in [2.75, 3.05) is 0 Å². The van der Waals surface area contributed by atoms with Gasteiger partial charge in [0.15, 0.2) is 0 Å². The first kappa shape index (κ1) is 21.5. The molecule has 0 spiro atoms. The van der Waals surface area contributed by atoms with E-state index in [1.54, 1.807) is 0 Å². The average Bonchev–Trinajstić information content (AvgIpc) is 3.53. The molecule has 0 fully saturated rings. The van der Waals surface area contributed by atoms with Crippen molar-refractivity contribution < 1.29 is 0 Å². The second-order valence-electron chi connectivity index (χ2n) is 10.5. The molecule has 0 atom stereocenters. The van der Waals surface area contributed by atoms with Crippen LogP contribution < -0.4 is 0 Å². The number of para-hydroxylation sites is 2. The number of hydrogen-bond donors (Lipinski definition) is 0. The fraction of sp³-hybridized carbons (Fsp3) is 0. The third kappa shape index (κ3) is 2.86. The Balaban J connectivity index is 1.50. The summed E-state index contributed by atoms with van der Waals surface area (Å²) in [5.74, 6) is 0. The minimum Gasteiger partial charge on any atom is -0.309 e. The van der Waals surface area contributed by atoms with E-state index in [0.717, 1.165) is 11.1 Å². The van der Waals surface area contributed by atoms with Gasteiger partial charge in [-0.25, -0.2) is 0 Å². The van der Waals surface area contributed by atoms with E-state index in [1.807, 2.05) is 12.4 Å². The molecule has 186 valence electrons. The summed E-state index contributed by atoms with van der Waals surface area (Å²) in [6, 6.07) is 46.0. The summed E-state index contributed by atoms with van der Waals surface area (Å²) < 4.78 is 4.85. The molecule has 3 nitrogen and oxygen atoms in total. The summed E-state index contributed by atoms with van der Waals surface area (Å²) >= 11 is 0. The molecule has 3 heteroatoms. The van der Waals surface area contributed by atoms with E-state index in [0.29, 0.717) is 0 Å². The van der Waals surface area contributed by atoms with Crippen LogP contribution in [0, 0.1) is 0 Å². The molecule has 0 saturated heterocycles. The first-order valence-corrected chi connectivity index (χ1v) is 13.6. The van der Waals surface area contributed by atoms with Crippen molar-refractivity contribution in [3.8, 4) is 11.4 Å². The Hall–Kier alpha value is -5.41. The Kier molecular flexibility index (Phi) is 4.33. The van der Waals surface area contributed by atoms with E-state index < -0.39 is 0 Å². The molecule has 0 N–H and O–H groups in total. The quantitative estimate of drug-likeness (QED) is 0.227. The SMILES string of the molecule is c1ccc2cc(-n3c4ccccc4c4ccc5c(c6ccccc6n5-c5cncc6ccccc56)c43)ccc2c1. The summed E-state index contributed by atoms with van der Waals surface area (Å²) in [7, 11) is 0. The summed E-state index contributed by atoms with van der Waals surface area (Å²) in [4.78, 5) is 4.65. The Morgan fingerprint density at radius 2 is 1.10 bits per heavy atom. The van der Waals surface area contributed by atoms with Gasteiger partial charge in [0.1, 0.15) is 0 Å². The molecular weight excluding hydrogens is 486 g/mol. The molecule has 0 aliphatic carbocycles. The number of aromatic nitrogens is 3. The third-order valence-corrected chi connectivity index (χ3v) is 8.35. The molecule has 40 heavy (non-hydrogen) atoms. The van der Waals surface area contributed by atoms with Crippen molar-refractivity contribution in [3.63, 3.8) is 0 Å². The van der Waals surface area contributed by atoms with E-state index in [9.17, 15) is 0 Å². The van der Waals surface area contributed by atoms with Crippen LogP contribution in [0.25, 0.3) is 76.5 Å². The van der Waals surface area contributed by atoms with E-state index in [4.69, 9.17) is 0 Å². The van der Waals surface area contributed by atoms with Crippen molar-refractivity contribution in [2.45, 2.75) is 0 Å². The highest BCUT2D eigenvalue weighted by atomic mass is 15.0. The first-order chi connectivity index (χ1) is 19.9. The van der Waals surface area contributed by atoms with E-state index in [2.05, 4.69) is 142 Å². The molecule has 0 amide bonds. The standard InChI is InChI=1S/C37H23N3/c1-2-10-25-21-27(18-17-24(25)9-1)39-32-15-7-5-13-29(32)30-19-20-34-36(37(30)39)31-14-6-8-16-33(31)40(34)35-23-38-22-26-11-3-4-12-28(26)35/h1-23H. The largest absolute Gasteiger partial charge is 0.309 e. The smallest absolute Gasteiger partial charge is 0.0723 e. The average molecular weight is 510 g/mol. The molecule has 6 aromatic carbocycles. The number of rotatable bonds is 2. The lowest BCUT2D eigenvalue weighted by Crippen LogP contribution is -1.97. The Labute approximate surface area is 230 Å². The molecule has 3 aromatic heterocycles. The maximum atomic E-state index is 4.65. The van der Waals surface area contributed by atoms with Crippen LogP contribution in [-0.4, -0.2) is 14.1 Å². The van der Waals surface area contributed by atoms with Gasteiger partial charge in [-0.2, -0.15) is 0 Å². The number of benzene rings is 6. The highest BCUT2D eigenvalue weighted by Gasteiger charge is 2.21. The summed E-state index contributed by atoms with van der Waals surface area (Å²) in [5.41, 5.74) is 7.06. The summed E-state index contributed by atoms with van der Waals surface area (Å²) in [5, 5.41) is 9.82. The second-order valence-corrected chi connectivity index (χ2v) is 10.5. The van der Waals surface area contributed by atoms with Gasteiger partial charge in [-0.05, 0) is 41.1 Å². The summed E-state index contributed by atoms with van der Waals surface area (Å²) in [6.45, 7) is 0. The number of fused-ring (bicyclic) bond motifs is 9. The second kappa shape index (κ2) is 8.05. The van der Waals surface area contributed by atoms with Crippen LogP contribution >= 0.6 is 0 Å². The molecular formula is C37H23N3. The van der Waals surface area contributed by atoms with Gasteiger partial charge in [-0.15, -0.1) is 0 Å². The molecule has 0 aliphatic rings. The highest BCUT2D eigenvalue weighted by Crippen LogP contribution is 2.42. The number of pyridine rings is 1. The molecule has 0 aliphatic heterocycles. The van der Waals surface area contributed by atoms with Gasteiger partial charge in [-0.3, -0.25) is 4.98 Å². The van der Waals surface area contributed by atoms with E-state index in [1.165, 1.54) is 65.5 Å². The first-order valence-electron chi connectivity index (χ1n) is 13.6. The molecule has 0 bridgehead atoms. The lowest BCUT2D eigenvalue weighted by Gasteiger charge is -2.12. The van der Waals surface area contributed by atoms with Crippen molar-refractivity contribution in [2.24, 2.45) is 0 Å². The van der Waals surface area contributed by atoms with Crippen LogP contribution in [0.1, 0.15) is 0 Å². The van der Waals surface area contributed by atoms with Crippen LogP contribution in [0.15, 0.2) is 140 Å². The van der Waals surface area contributed by atoms with Gasteiger partial charge >= 0.3 is 0 Å². The summed E-state index contributed by atoms with van der Waals surface area (Å²) in [6.07, 6.45) is 3.94. The Morgan fingerprint density at radius 3 is 1.95 bits per heavy atom. The third-order valence-electron chi connectivity index (χ3n) is 8.35. The molecule has 0 radical (unpaired) electrons. The van der Waals surface area contributed by atoms with Gasteiger partial charge in [-0.1, -0.05) is 97.1 Å². The van der Waals surface area contributed by atoms with Crippen LogP contribution in [0.2, 0.25) is 0 Å². The van der Waals surface area contributed by atoms with Crippen LogP contribution in [0.5, 0.6) is 0 Å². The fourth-order valence-electron chi connectivity index (χ4n) is 6.63. The van der Waals surface area contributed by atoms with Gasteiger partial charge < -0.3 is 9.13 Å². The maximum Gasteiger partial charge on any atom is 0.0723 e. The van der Waals surface area contributed by atoms with E-state index in [-0.39, 0.29) is 0 Å². The Bertz CT molecular complexity index is 2440. The maximum absolute atomic E-state index is 4.65. The monoisotopic (exact) mass is 509 g/mol. The minimum atomic E-state index is 1.09. The molecule has 9 aromatic rings. The van der Waals surface area contributed by atoms with Crippen LogP contribution in [0.3, 0.4) is 0 Å². The number of hydrogen-bond acceptors (Lipinski definition) is 1. The van der Waals surface area contributed by atoms with Crippen LogP contribution in [-0.2, 0) is 0 Å². The Morgan fingerprint density at radius 1 is 0.425 bits per heavy atom.